The smallest absolute Gasteiger partial charge is 0.251 e. The van der Waals surface area contributed by atoms with Crippen LogP contribution in [0.15, 0.2) is 30.4 Å². The number of halogens is 2. The molecule has 18 heavy (non-hydrogen) atoms. The first-order chi connectivity index (χ1) is 8.50. The summed E-state index contributed by atoms with van der Waals surface area (Å²) in [6.07, 6.45) is 0. The number of hydrogen-bond donors (Lipinski definition) is 1. The van der Waals surface area contributed by atoms with E-state index in [0.717, 1.165) is 5.57 Å². The molecule has 1 aromatic carbocycles. The Balaban J connectivity index is 2.36. The molecule has 0 aromatic heterocycles. The number of carbonyl (C=O) groups is 1. The Morgan fingerprint density at radius 2 is 2.11 bits per heavy atom. The van der Waals surface area contributed by atoms with Crippen LogP contribution in [0.1, 0.15) is 17.3 Å². The molecule has 0 heterocycles. The fraction of sp³-hybridized carbons (Fsp3) is 0.308. The predicted octanol–water partition coefficient (Wildman–Crippen LogP) is 3.32. The minimum absolute atomic E-state index is 0.201. The molecule has 0 atom stereocenters. The summed E-state index contributed by atoms with van der Waals surface area (Å²) in [6.45, 7) is 6.98. The standard InChI is InChI=1S/C13H15Cl2NO2/c1-9(2)8-18-6-5-16-13(17)10-3-4-11(14)12(15)7-10/h3-4,7H,1,5-6,8H2,2H3,(H,16,17). The fourth-order valence-corrected chi connectivity index (χ4v) is 1.52. The van der Waals surface area contributed by atoms with Crippen molar-refractivity contribution < 1.29 is 9.53 Å². The number of rotatable bonds is 6. The van der Waals surface area contributed by atoms with Gasteiger partial charge in [0.2, 0.25) is 0 Å². The summed E-state index contributed by atoms with van der Waals surface area (Å²) in [5.41, 5.74) is 1.43. The van der Waals surface area contributed by atoms with Crippen LogP contribution in [-0.4, -0.2) is 25.7 Å². The van der Waals surface area contributed by atoms with Gasteiger partial charge in [0.1, 0.15) is 0 Å². The number of nitrogens with one attached hydrogen (secondary N) is 1. The van der Waals surface area contributed by atoms with Gasteiger partial charge in [-0.25, -0.2) is 0 Å². The lowest BCUT2D eigenvalue weighted by atomic mass is 10.2. The van der Waals surface area contributed by atoms with Gasteiger partial charge in [-0.1, -0.05) is 35.4 Å². The monoisotopic (exact) mass is 287 g/mol. The number of carbonyl (C=O) groups excluding carboxylic acids is 1. The normalized spacial score (nSPS) is 10.2. The lowest BCUT2D eigenvalue weighted by Crippen LogP contribution is -2.27. The van der Waals surface area contributed by atoms with E-state index in [0.29, 0.717) is 35.4 Å². The number of benzene rings is 1. The zero-order valence-corrected chi connectivity index (χ0v) is 11.6. The van der Waals surface area contributed by atoms with Crippen LogP contribution >= 0.6 is 23.2 Å². The molecule has 0 aliphatic rings. The van der Waals surface area contributed by atoms with Crippen LogP contribution in [0.5, 0.6) is 0 Å². The van der Waals surface area contributed by atoms with Crippen molar-refractivity contribution in [1.29, 1.82) is 0 Å². The lowest BCUT2D eigenvalue weighted by Gasteiger charge is -2.07. The highest BCUT2D eigenvalue weighted by Crippen LogP contribution is 2.22. The van der Waals surface area contributed by atoms with Gasteiger partial charge in [-0.15, -0.1) is 0 Å². The Morgan fingerprint density at radius 1 is 1.39 bits per heavy atom. The summed E-state index contributed by atoms with van der Waals surface area (Å²) in [4.78, 5) is 11.7. The summed E-state index contributed by atoms with van der Waals surface area (Å²) in [5, 5.41) is 3.52. The molecule has 0 fully saturated rings. The van der Waals surface area contributed by atoms with Crippen molar-refractivity contribution in [3.05, 3.63) is 46.0 Å². The SMILES string of the molecule is C=C(C)COCCNC(=O)c1ccc(Cl)c(Cl)c1. The third kappa shape index (κ3) is 5.08. The molecule has 98 valence electrons. The maximum absolute atomic E-state index is 11.7. The maximum Gasteiger partial charge on any atom is 0.251 e. The van der Waals surface area contributed by atoms with E-state index in [-0.39, 0.29) is 5.91 Å². The molecule has 0 bridgehead atoms. The van der Waals surface area contributed by atoms with E-state index in [4.69, 9.17) is 27.9 Å². The zero-order valence-electron chi connectivity index (χ0n) is 10.1. The van der Waals surface area contributed by atoms with Gasteiger partial charge in [-0.05, 0) is 25.1 Å². The number of amides is 1. The number of hydrogen-bond acceptors (Lipinski definition) is 2. The van der Waals surface area contributed by atoms with Gasteiger partial charge in [-0.3, -0.25) is 4.79 Å². The molecule has 1 rings (SSSR count). The second-order valence-corrected chi connectivity index (χ2v) is 4.71. The summed E-state index contributed by atoms with van der Waals surface area (Å²) in [7, 11) is 0. The maximum atomic E-state index is 11.7. The van der Waals surface area contributed by atoms with Crippen LogP contribution in [0.4, 0.5) is 0 Å². The lowest BCUT2D eigenvalue weighted by molar-refractivity contribution is 0.0927. The summed E-state index contributed by atoms with van der Waals surface area (Å²) in [5.74, 6) is -0.201. The van der Waals surface area contributed by atoms with Crippen molar-refractivity contribution in [3.8, 4) is 0 Å². The van der Waals surface area contributed by atoms with E-state index >= 15 is 0 Å². The van der Waals surface area contributed by atoms with Crippen LogP contribution in [0.3, 0.4) is 0 Å². The van der Waals surface area contributed by atoms with E-state index in [1.165, 1.54) is 6.07 Å². The third-order valence-corrected chi connectivity index (χ3v) is 2.80. The average molecular weight is 288 g/mol. The Kier molecular flexibility index (Phi) is 6.19. The second kappa shape index (κ2) is 7.41. The first-order valence-electron chi connectivity index (χ1n) is 5.46. The molecule has 1 aromatic rings. The minimum Gasteiger partial charge on any atom is -0.375 e. The van der Waals surface area contributed by atoms with E-state index in [2.05, 4.69) is 11.9 Å². The van der Waals surface area contributed by atoms with Crippen LogP contribution in [0, 0.1) is 0 Å². The molecule has 0 aliphatic heterocycles. The van der Waals surface area contributed by atoms with Gasteiger partial charge in [0.05, 0.1) is 23.3 Å². The summed E-state index contributed by atoms with van der Waals surface area (Å²) in [6, 6.07) is 4.75. The predicted molar refractivity (Wildman–Crippen MR) is 74.4 cm³/mol. The van der Waals surface area contributed by atoms with Crippen molar-refractivity contribution in [2.24, 2.45) is 0 Å². The minimum atomic E-state index is -0.201. The largest absolute Gasteiger partial charge is 0.375 e. The van der Waals surface area contributed by atoms with Gasteiger partial charge < -0.3 is 10.1 Å². The molecule has 0 aliphatic carbocycles. The third-order valence-electron chi connectivity index (χ3n) is 2.06. The van der Waals surface area contributed by atoms with Crippen molar-refractivity contribution >= 4 is 29.1 Å². The molecule has 0 unspecified atom stereocenters. The summed E-state index contributed by atoms with van der Waals surface area (Å²) < 4.78 is 5.26. The van der Waals surface area contributed by atoms with Gasteiger partial charge in [-0.2, -0.15) is 0 Å². The highest BCUT2D eigenvalue weighted by Gasteiger charge is 2.07. The van der Waals surface area contributed by atoms with Gasteiger partial charge in [0.15, 0.2) is 0 Å². The Morgan fingerprint density at radius 3 is 2.72 bits per heavy atom. The first-order valence-corrected chi connectivity index (χ1v) is 6.21. The first kappa shape index (κ1) is 15.0. The van der Waals surface area contributed by atoms with Crippen LogP contribution in [0.2, 0.25) is 10.0 Å². The van der Waals surface area contributed by atoms with E-state index in [1.807, 2.05) is 6.92 Å². The highest BCUT2D eigenvalue weighted by atomic mass is 35.5. The molecule has 0 radical (unpaired) electrons. The zero-order chi connectivity index (χ0) is 13.5. The Labute approximate surface area is 117 Å². The van der Waals surface area contributed by atoms with Crippen LogP contribution in [0.25, 0.3) is 0 Å². The number of ether oxygens (including phenoxy) is 1. The van der Waals surface area contributed by atoms with Gasteiger partial charge in [0.25, 0.3) is 5.91 Å². The molecule has 3 nitrogen and oxygen atoms in total. The van der Waals surface area contributed by atoms with Crippen molar-refractivity contribution in [3.63, 3.8) is 0 Å². The van der Waals surface area contributed by atoms with Crippen molar-refractivity contribution in [1.82, 2.24) is 5.32 Å². The molecular formula is C13H15Cl2NO2. The van der Waals surface area contributed by atoms with Gasteiger partial charge in [0, 0.05) is 12.1 Å². The fourth-order valence-electron chi connectivity index (χ4n) is 1.22. The quantitative estimate of drug-likeness (QED) is 0.644. The van der Waals surface area contributed by atoms with Crippen molar-refractivity contribution in [2.75, 3.05) is 19.8 Å². The van der Waals surface area contributed by atoms with Crippen LogP contribution < -0.4 is 5.32 Å². The van der Waals surface area contributed by atoms with E-state index < -0.39 is 0 Å². The molecule has 1 amide bonds. The average Bonchev–Trinajstić information content (AvgIpc) is 2.31. The molecular weight excluding hydrogens is 273 g/mol. The molecule has 1 N–H and O–H groups in total. The van der Waals surface area contributed by atoms with Crippen molar-refractivity contribution in [2.45, 2.75) is 6.92 Å². The topological polar surface area (TPSA) is 38.3 Å². The van der Waals surface area contributed by atoms with E-state index in [9.17, 15) is 4.79 Å². The molecule has 5 heteroatoms. The Bertz CT molecular complexity index is 447. The molecule has 0 spiro atoms. The highest BCUT2D eigenvalue weighted by molar-refractivity contribution is 6.42. The van der Waals surface area contributed by atoms with E-state index in [1.54, 1.807) is 12.1 Å². The molecule has 0 saturated heterocycles. The Hall–Kier alpha value is -1.03. The molecule has 0 saturated carbocycles. The summed E-state index contributed by atoms with van der Waals surface area (Å²) >= 11 is 11.6. The second-order valence-electron chi connectivity index (χ2n) is 3.89. The van der Waals surface area contributed by atoms with Crippen LogP contribution in [-0.2, 0) is 4.74 Å². The van der Waals surface area contributed by atoms with Gasteiger partial charge >= 0.3 is 0 Å².